The normalized spacial score (nSPS) is 25.7. The molecule has 1 aliphatic heterocycles. The zero-order chi connectivity index (χ0) is 10.7. The summed E-state index contributed by atoms with van der Waals surface area (Å²) in [5.41, 5.74) is 2.66. The van der Waals surface area contributed by atoms with Gasteiger partial charge < -0.3 is 10.1 Å². The number of nitrogens with one attached hydrogen (secondary N) is 1. The van der Waals surface area contributed by atoms with Crippen molar-refractivity contribution < 1.29 is 4.74 Å². The maximum absolute atomic E-state index is 5.51. The van der Waals surface area contributed by atoms with Crippen molar-refractivity contribution >= 4 is 0 Å². The Morgan fingerprint density at radius 1 is 1.33 bits per heavy atom. The molecule has 0 amide bonds. The molecular formula is C13H19NO. The van der Waals surface area contributed by atoms with E-state index in [0.29, 0.717) is 12.1 Å². The molecule has 0 radical (unpaired) electrons. The monoisotopic (exact) mass is 205 g/mol. The van der Waals surface area contributed by atoms with Crippen LogP contribution in [0, 0.1) is 6.92 Å². The Morgan fingerprint density at radius 3 is 2.67 bits per heavy atom. The zero-order valence-corrected chi connectivity index (χ0v) is 9.49. The minimum Gasteiger partial charge on any atom is -0.377 e. The number of benzene rings is 1. The van der Waals surface area contributed by atoms with Crippen LogP contribution in [0.1, 0.15) is 24.5 Å². The standard InChI is InChI=1S/C13H19NO/c1-10-3-5-12(6-4-10)9-14-13-7-8-15-11(13)2/h3-6,11,13-14H,7-9H2,1-2H3/t11-,13+/m0/s1. The third-order valence-corrected chi connectivity index (χ3v) is 3.07. The van der Waals surface area contributed by atoms with Gasteiger partial charge in [-0.3, -0.25) is 0 Å². The Morgan fingerprint density at radius 2 is 2.07 bits per heavy atom. The maximum atomic E-state index is 5.51. The van der Waals surface area contributed by atoms with Crippen LogP contribution in [0.25, 0.3) is 0 Å². The zero-order valence-electron chi connectivity index (χ0n) is 9.49. The van der Waals surface area contributed by atoms with Crippen molar-refractivity contribution in [1.29, 1.82) is 0 Å². The lowest BCUT2D eigenvalue weighted by molar-refractivity contribution is 0.113. The molecule has 0 aliphatic carbocycles. The fourth-order valence-corrected chi connectivity index (χ4v) is 1.95. The summed E-state index contributed by atoms with van der Waals surface area (Å²) in [5.74, 6) is 0. The van der Waals surface area contributed by atoms with Gasteiger partial charge in [0.15, 0.2) is 0 Å². The second-order valence-electron chi connectivity index (χ2n) is 4.34. The van der Waals surface area contributed by atoms with Crippen molar-refractivity contribution in [2.24, 2.45) is 0 Å². The molecule has 1 saturated heterocycles. The van der Waals surface area contributed by atoms with E-state index in [0.717, 1.165) is 19.6 Å². The Hall–Kier alpha value is -0.860. The van der Waals surface area contributed by atoms with E-state index in [-0.39, 0.29) is 0 Å². The summed E-state index contributed by atoms with van der Waals surface area (Å²) in [6, 6.07) is 9.20. The third kappa shape index (κ3) is 2.80. The molecule has 1 N–H and O–H groups in total. The number of aryl methyl sites for hydroxylation is 1. The van der Waals surface area contributed by atoms with Gasteiger partial charge in [-0.05, 0) is 25.8 Å². The van der Waals surface area contributed by atoms with Crippen LogP contribution in [0.4, 0.5) is 0 Å². The van der Waals surface area contributed by atoms with Gasteiger partial charge in [0.1, 0.15) is 0 Å². The topological polar surface area (TPSA) is 21.3 Å². The average Bonchev–Trinajstić information content (AvgIpc) is 2.63. The molecule has 2 rings (SSSR count). The number of hydrogen-bond acceptors (Lipinski definition) is 2. The van der Waals surface area contributed by atoms with Gasteiger partial charge in [0.05, 0.1) is 6.10 Å². The van der Waals surface area contributed by atoms with Crippen LogP contribution in [-0.2, 0) is 11.3 Å². The van der Waals surface area contributed by atoms with Gasteiger partial charge >= 0.3 is 0 Å². The molecular weight excluding hydrogens is 186 g/mol. The highest BCUT2D eigenvalue weighted by molar-refractivity contribution is 5.21. The van der Waals surface area contributed by atoms with Crippen molar-refractivity contribution in [3.8, 4) is 0 Å². The predicted molar refractivity (Wildman–Crippen MR) is 61.8 cm³/mol. The quantitative estimate of drug-likeness (QED) is 0.817. The van der Waals surface area contributed by atoms with Crippen LogP contribution < -0.4 is 5.32 Å². The van der Waals surface area contributed by atoms with E-state index in [2.05, 4.69) is 43.4 Å². The molecule has 1 fully saturated rings. The molecule has 2 atom stereocenters. The van der Waals surface area contributed by atoms with Gasteiger partial charge in [-0.1, -0.05) is 29.8 Å². The van der Waals surface area contributed by atoms with E-state index in [9.17, 15) is 0 Å². The molecule has 82 valence electrons. The first-order valence-electron chi connectivity index (χ1n) is 5.66. The lowest BCUT2D eigenvalue weighted by Crippen LogP contribution is -2.34. The van der Waals surface area contributed by atoms with Crippen LogP contribution in [0.2, 0.25) is 0 Å². The lowest BCUT2D eigenvalue weighted by Gasteiger charge is -2.15. The first kappa shape index (κ1) is 10.7. The van der Waals surface area contributed by atoms with Crippen LogP contribution in [0.5, 0.6) is 0 Å². The van der Waals surface area contributed by atoms with Gasteiger partial charge in [0, 0.05) is 19.2 Å². The van der Waals surface area contributed by atoms with Gasteiger partial charge in [-0.2, -0.15) is 0 Å². The first-order chi connectivity index (χ1) is 7.25. The number of hydrogen-bond donors (Lipinski definition) is 1. The first-order valence-corrected chi connectivity index (χ1v) is 5.66. The largest absolute Gasteiger partial charge is 0.377 e. The van der Waals surface area contributed by atoms with E-state index < -0.39 is 0 Å². The Balaban J connectivity index is 1.85. The predicted octanol–water partition coefficient (Wildman–Crippen LogP) is 2.26. The van der Waals surface area contributed by atoms with Crippen molar-refractivity contribution in [2.75, 3.05) is 6.61 Å². The van der Waals surface area contributed by atoms with Crippen LogP contribution in [0.15, 0.2) is 24.3 Å². The van der Waals surface area contributed by atoms with Gasteiger partial charge in [0.25, 0.3) is 0 Å². The van der Waals surface area contributed by atoms with Gasteiger partial charge in [-0.25, -0.2) is 0 Å². The van der Waals surface area contributed by atoms with E-state index in [1.54, 1.807) is 0 Å². The van der Waals surface area contributed by atoms with Crippen molar-refractivity contribution in [2.45, 2.75) is 39.0 Å². The Bertz CT molecular complexity index is 307. The highest BCUT2D eigenvalue weighted by atomic mass is 16.5. The Labute approximate surface area is 91.6 Å². The van der Waals surface area contributed by atoms with Crippen LogP contribution in [0.3, 0.4) is 0 Å². The molecule has 1 aromatic carbocycles. The molecule has 0 bridgehead atoms. The molecule has 15 heavy (non-hydrogen) atoms. The fourth-order valence-electron chi connectivity index (χ4n) is 1.95. The molecule has 1 aromatic rings. The van der Waals surface area contributed by atoms with Gasteiger partial charge in [-0.15, -0.1) is 0 Å². The molecule has 0 saturated carbocycles. The Kier molecular flexibility index (Phi) is 3.39. The lowest BCUT2D eigenvalue weighted by atomic mass is 10.1. The molecule has 0 unspecified atom stereocenters. The summed E-state index contributed by atoms with van der Waals surface area (Å²) in [6.07, 6.45) is 1.49. The molecule has 2 heteroatoms. The summed E-state index contributed by atoms with van der Waals surface area (Å²) in [4.78, 5) is 0. The van der Waals surface area contributed by atoms with Crippen LogP contribution >= 0.6 is 0 Å². The summed E-state index contributed by atoms with van der Waals surface area (Å²) in [6.45, 7) is 6.09. The highest BCUT2D eigenvalue weighted by Gasteiger charge is 2.22. The fraction of sp³-hybridized carbons (Fsp3) is 0.538. The third-order valence-electron chi connectivity index (χ3n) is 3.07. The maximum Gasteiger partial charge on any atom is 0.0700 e. The summed E-state index contributed by atoms with van der Waals surface area (Å²) < 4.78 is 5.51. The second-order valence-corrected chi connectivity index (χ2v) is 4.34. The number of ether oxygens (including phenoxy) is 1. The van der Waals surface area contributed by atoms with Crippen molar-refractivity contribution in [1.82, 2.24) is 5.32 Å². The van der Waals surface area contributed by atoms with Crippen LogP contribution in [-0.4, -0.2) is 18.8 Å². The summed E-state index contributed by atoms with van der Waals surface area (Å²) in [5, 5.41) is 3.54. The number of rotatable bonds is 3. The minimum absolute atomic E-state index is 0.357. The van der Waals surface area contributed by atoms with Gasteiger partial charge in [0.2, 0.25) is 0 Å². The van der Waals surface area contributed by atoms with E-state index in [4.69, 9.17) is 4.74 Å². The molecule has 1 heterocycles. The van der Waals surface area contributed by atoms with E-state index >= 15 is 0 Å². The molecule has 2 nitrogen and oxygen atoms in total. The molecule has 1 aliphatic rings. The molecule has 0 aromatic heterocycles. The average molecular weight is 205 g/mol. The minimum atomic E-state index is 0.357. The SMILES string of the molecule is Cc1ccc(CN[C@@H]2CCO[C@H]2C)cc1. The second kappa shape index (κ2) is 4.77. The van der Waals surface area contributed by atoms with Crippen molar-refractivity contribution in [3.63, 3.8) is 0 Å². The van der Waals surface area contributed by atoms with E-state index in [1.165, 1.54) is 11.1 Å². The molecule has 0 spiro atoms. The van der Waals surface area contributed by atoms with E-state index in [1.807, 2.05) is 0 Å². The highest BCUT2D eigenvalue weighted by Crippen LogP contribution is 2.13. The van der Waals surface area contributed by atoms with Crippen molar-refractivity contribution in [3.05, 3.63) is 35.4 Å². The smallest absolute Gasteiger partial charge is 0.0700 e. The summed E-state index contributed by atoms with van der Waals surface area (Å²) in [7, 11) is 0. The summed E-state index contributed by atoms with van der Waals surface area (Å²) >= 11 is 0.